The molecule has 2 heterocycles. The third kappa shape index (κ3) is 6.68. The second kappa shape index (κ2) is 12.7. The van der Waals surface area contributed by atoms with Crippen molar-refractivity contribution in [1.29, 1.82) is 0 Å². The molecule has 0 spiro atoms. The molecule has 2 amide bonds. The summed E-state index contributed by atoms with van der Waals surface area (Å²) in [4.78, 5) is 26.0. The number of carbonyl (C=O) groups is 2. The highest BCUT2D eigenvalue weighted by molar-refractivity contribution is 9.10. The lowest BCUT2D eigenvalue weighted by atomic mass is 9.98. The zero-order chi connectivity index (χ0) is 28.9. The summed E-state index contributed by atoms with van der Waals surface area (Å²) < 4.78 is 7.91. The van der Waals surface area contributed by atoms with Gasteiger partial charge >= 0.3 is 0 Å². The van der Waals surface area contributed by atoms with E-state index in [-0.39, 0.29) is 30.2 Å². The molecule has 1 aromatic heterocycles. The SMILES string of the molecule is COc1ccc(C(=O)NCc2nnc(SCC(=O)N3N=C(c4ccc(Br)cc4)C[C@@H]3c3ccc(C)cc3)n2C)cc1. The van der Waals surface area contributed by atoms with Crippen LogP contribution >= 0.6 is 27.7 Å². The van der Waals surface area contributed by atoms with Crippen LogP contribution in [-0.2, 0) is 18.4 Å². The Labute approximate surface area is 251 Å². The maximum atomic E-state index is 13.5. The topological polar surface area (TPSA) is 102 Å². The van der Waals surface area contributed by atoms with Crippen LogP contribution in [-0.4, -0.2) is 50.2 Å². The number of nitrogens with one attached hydrogen (secondary N) is 1. The number of amides is 2. The van der Waals surface area contributed by atoms with Crippen LogP contribution < -0.4 is 10.1 Å². The average molecular weight is 634 g/mol. The number of hydrogen-bond acceptors (Lipinski definition) is 7. The Hall–Kier alpha value is -3.96. The number of aromatic nitrogens is 3. The maximum Gasteiger partial charge on any atom is 0.253 e. The van der Waals surface area contributed by atoms with E-state index in [1.54, 1.807) is 41.0 Å². The van der Waals surface area contributed by atoms with Gasteiger partial charge in [0, 0.05) is 23.5 Å². The fraction of sp³-hybridized carbons (Fsp3) is 0.233. The average Bonchev–Trinajstić information content (AvgIpc) is 3.59. The highest BCUT2D eigenvalue weighted by atomic mass is 79.9. The molecular weight excluding hydrogens is 604 g/mol. The monoisotopic (exact) mass is 632 g/mol. The Bertz CT molecular complexity index is 1570. The van der Waals surface area contributed by atoms with Gasteiger partial charge < -0.3 is 14.6 Å². The van der Waals surface area contributed by atoms with Crippen molar-refractivity contribution in [2.45, 2.75) is 31.1 Å². The summed E-state index contributed by atoms with van der Waals surface area (Å²) in [7, 11) is 3.39. The predicted molar refractivity (Wildman–Crippen MR) is 162 cm³/mol. The zero-order valence-electron chi connectivity index (χ0n) is 22.9. The van der Waals surface area contributed by atoms with Crippen molar-refractivity contribution >= 4 is 45.2 Å². The summed E-state index contributed by atoms with van der Waals surface area (Å²) in [5.74, 6) is 1.06. The van der Waals surface area contributed by atoms with E-state index in [1.165, 1.54) is 11.8 Å². The van der Waals surface area contributed by atoms with Crippen LogP contribution in [0.2, 0.25) is 0 Å². The molecule has 5 rings (SSSR count). The Morgan fingerprint density at radius 3 is 2.41 bits per heavy atom. The lowest BCUT2D eigenvalue weighted by Crippen LogP contribution is -2.28. The number of ether oxygens (including phenoxy) is 1. The number of hydrazone groups is 1. The molecule has 1 atom stereocenters. The van der Waals surface area contributed by atoms with Gasteiger partial charge in [-0.05, 0) is 54.4 Å². The summed E-state index contributed by atoms with van der Waals surface area (Å²) in [6.45, 7) is 2.24. The molecular formula is C30H29BrN6O3S. The Balaban J connectivity index is 1.25. The number of aryl methyl sites for hydroxylation is 1. The Morgan fingerprint density at radius 1 is 1.02 bits per heavy atom. The second-order valence-electron chi connectivity index (χ2n) is 9.58. The molecule has 3 aromatic carbocycles. The van der Waals surface area contributed by atoms with E-state index in [9.17, 15) is 9.59 Å². The molecule has 1 N–H and O–H groups in total. The summed E-state index contributed by atoms with van der Waals surface area (Å²) in [6.07, 6.45) is 0.628. The first kappa shape index (κ1) is 28.6. The quantitative estimate of drug-likeness (QED) is 0.251. The summed E-state index contributed by atoms with van der Waals surface area (Å²) in [5, 5.41) is 18.3. The fourth-order valence-corrected chi connectivity index (χ4v) is 5.47. The number of benzene rings is 3. The summed E-state index contributed by atoms with van der Waals surface area (Å²) in [6, 6.07) is 22.9. The van der Waals surface area contributed by atoms with Crippen molar-refractivity contribution < 1.29 is 14.3 Å². The fourth-order valence-electron chi connectivity index (χ4n) is 4.43. The minimum Gasteiger partial charge on any atom is -0.497 e. The lowest BCUT2D eigenvalue weighted by Gasteiger charge is -2.22. The van der Waals surface area contributed by atoms with Crippen LogP contribution in [0.4, 0.5) is 0 Å². The van der Waals surface area contributed by atoms with E-state index in [4.69, 9.17) is 9.84 Å². The molecule has 4 aromatic rings. The first-order valence-corrected chi connectivity index (χ1v) is 14.8. The number of halogens is 1. The van der Waals surface area contributed by atoms with Gasteiger partial charge in [-0.3, -0.25) is 9.59 Å². The zero-order valence-corrected chi connectivity index (χ0v) is 25.3. The number of thioether (sulfide) groups is 1. The first-order chi connectivity index (χ1) is 19.8. The molecule has 1 aliphatic rings. The van der Waals surface area contributed by atoms with E-state index >= 15 is 0 Å². The smallest absolute Gasteiger partial charge is 0.253 e. The van der Waals surface area contributed by atoms with Crippen LogP contribution in [0.3, 0.4) is 0 Å². The minimum atomic E-state index is -0.226. The molecule has 0 saturated heterocycles. The highest BCUT2D eigenvalue weighted by Gasteiger charge is 2.33. The number of nitrogens with zero attached hydrogens (tertiary/aromatic N) is 5. The van der Waals surface area contributed by atoms with Crippen molar-refractivity contribution in [2.75, 3.05) is 12.9 Å². The maximum absolute atomic E-state index is 13.5. The van der Waals surface area contributed by atoms with Crippen LogP contribution in [0.1, 0.15) is 45.3 Å². The Kier molecular flexibility index (Phi) is 8.84. The third-order valence-corrected chi connectivity index (χ3v) is 8.35. The van der Waals surface area contributed by atoms with Crippen molar-refractivity contribution in [3.63, 3.8) is 0 Å². The minimum absolute atomic E-state index is 0.120. The molecule has 0 radical (unpaired) electrons. The second-order valence-corrected chi connectivity index (χ2v) is 11.4. The van der Waals surface area contributed by atoms with Crippen molar-refractivity contribution in [1.82, 2.24) is 25.1 Å². The molecule has 0 saturated carbocycles. The molecule has 1 aliphatic heterocycles. The Morgan fingerprint density at radius 2 is 1.73 bits per heavy atom. The van der Waals surface area contributed by atoms with Gasteiger partial charge in [-0.25, -0.2) is 5.01 Å². The van der Waals surface area contributed by atoms with Gasteiger partial charge in [0.05, 0.1) is 31.2 Å². The van der Waals surface area contributed by atoms with E-state index in [1.807, 2.05) is 38.2 Å². The van der Waals surface area contributed by atoms with Gasteiger partial charge in [-0.2, -0.15) is 5.10 Å². The molecule has 41 heavy (non-hydrogen) atoms. The standard InChI is InChI=1S/C30H29BrN6O3S/c1-19-4-6-21(7-5-19)26-16-25(20-8-12-23(31)13-9-20)35-37(26)28(38)18-41-30-34-33-27(36(30)2)17-32-29(39)22-10-14-24(40-3)15-11-22/h4-15,26H,16-18H2,1-3H3,(H,32,39)/t26-/m1/s1. The van der Waals surface area contributed by atoms with Crippen LogP contribution in [0.15, 0.2) is 87.5 Å². The van der Waals surface area contributed by atoms with Crippen LogP contribution in [0.5, 0.6) is 5.75 Å². The summed E-state index contributed by atoms with van der Waals surface area (Å²) in [5.41, 5.74) is 4.58. The molecule has 0 fully saturated rings. The number of methoxy groups -OCH3 is 1. The number of rotatable bonds is 9. The number of hydrogen-bond donors (Lipinski definition) is 1. The van der Waals surface area contributed by atoms with Gasteiger partial charge in [0.2, 0.25) is 0 Å². The summed E-state index contributed by atoms with van der Waals surface area (Å²) >= 11 is 4.77. The molecule has 0 bridgehead atoms. The molecule has 0 aliphatic carbocycles. The van der Waals surface area contributed by atoms with Crippen LogP contribution in [0.25, 0.3) is 0 Å². The van der Waals surface area contributed by atoms with E-state index in [0.29, 0.717) is 28.7 Å². The normalized spacial score (nSPS) is 14.6. The van der Waals surface area contributed by atoms with Crippen molar-refractivity contribution in [3.05, 3.63) is 105 Å². The van der Waals surface area contributed by atoms with Gasteiger partial charge in [0.1, 0.15) is 5.75 Å². The largest absolute Gasteiger partial charge is 0.497 e. The predicted octanol–water partition coefficient (Wildman–Crippen LogP) is 5.29. The van der Waals surface area contributed by atoms with Gasteiger partial charge in [0.15, 0.2) is 11.0 Å². The van der Waals surface area contributed by atoms with Crippen molar-refractivity contribution in [2.24, 2.45) is 12.1 Å². The first-order valence-electron chi connectivity index (χ1n) is 13.0. The number of carbonyl (C=O) groups excluding carboxylic acids is 2. The van der Waals surface area contributed by atoms with Gasteiger partial charge in [0.25, 0.3) is 11.8 Å². The van der Waals surface area contributed by atoms with Gasteiger partial charge in [-0.15, -0.1) is 10.2 Å². The van der Waals surface area contributed by atoms with E-state index in [0.717, 1.165) is 26.9 Å². The molecule has 210 valence electrons. The van der Waals surface area contributed by atoms with E-state index < -0.39 is 0 Å². The highest BCUT2D eigenvalue weighted by Crippen LogP contribution is 2.34. The third-order valence-electron chi connectivity index (χ3n) is 6.81. The molecule has 11 heteroatoms. The van der Waals surface area contributed by atoms with E-state index in [2.05, 4.69) is 55.7 Å². The lowest BCUT2D eigenvalue weighted by molar-refractivity contribution is -0.130. The van der Waals surface area contributed by atoms with Gasteiger partial charge in [-0.1, -0.05) is 69.7 Å². The molecule has 9 nitrogen and oxygen atoms in total. The molecule has 0 unspecified atom stereocenters. The van der Waals surface area contributed by atoms with Crippen LogP contribution in [0, 0.1) is 6.92 Å². The van der Waals surface area contributed by atoms with Crippen molar-refractivity contribution in [3.8, 4) is 5.75 Å².